The summed E-state index contributed by atoms with van der Waals surface area (Å²) < 4.78 is 13.3. The summed E-state index contributed by atoms with van der Waals surface area (Å²) in [6.07, 6.45) is 8.21. The Balaban J connectivity index is 1.79. The van der Waals surface area contributed by atoms with Crippen molar-refractivity contribution in [1.29, 1.82) is 0 Å². The SMILES string of the molecule is CN(C[C@H]1OCCn2nc3c(c21)C=C[C+]=C3)C(=O)OC(C)(C)C. The van der Waals surface area contributed by atoms with Crippen molar-refractivity contribution in [3.63, 3.8) is 0 Å². The summed E-state index contributed by atoms with van der Waals surface area (Å²) in [7, 11) is 1.72. The Bertz CT molecular complexity index is 667. The van der Waals surface area contributed by atoms with E-state index in [1.807, 2.05) is 43.7 Å². The monoisotopic (exact) mass is 316 g/mol. The molecule has 0 unspecified atom stereocenters. The van der Waals surface area contributed by atoms with Crippen molar-refractivity contribution in [2.45, 2.75) is 39.0 Å². The van der Waals surface area contributed by atoms with Gasteiger partial charge < -0.3 is 14.4 Å². The Morgan fingerprint density at radius 2 is 2.35 bits per heavy atom. The van der Waals surface area contributed by atoms with Gasteiger partial charge in [0.25, 0.3) is 0 Å². The highest BCUT2D eigenvalue weighted by atomic mass is 16.6. The third-order valence-electron chi connectivity index (χ3n) is 3.70. The van der Waals surface area contributed by atoms with Crippen LogP contribution in [0, 0.1) is 6.08 Å². The van der Waals surface area contributed by atoms with Crippen LogP contribution in [0.2, 0.25) is 0 Å². The number of amides is 1. The van der Waals surface area contributed by atoms with Gasteiger partial charge in [0, 0.05) is 13.1 Å². The first-order chi connectivity index (χ1) is 10.8. The fraction of sp³-hybridized carbons (Fsp3) is 0.529. The Labute approximate surface area is 136 Å². The van der Waals surface area contributed by atoms with E-state index in [0.29, 0.717) is 13.2 Å². The van der Waals surface area contributed by atoms with Gasteiger partial charge in [0.2, 0.25) is 5.69 Å². The average Bonchev–Trinajstić information content (AvgIpc) is 2.84. The molecule has 122 valence electrons. The van der Waals surface area contributed by atoms with Gasteiger partial charge in [0.1, 0.15) is 35.1 Å². The van der Waals surface area contributed by atoms with Gasteiger partial charge in [0.15, 0.2) is 0 Å². The van der Waals surface area contributed by atoms with E-state index in [9.17, 15) is 4.79 Å². The molecule has 0 radical (unpaired) electrons. The molecule has 1 aliphatic heterocycles. The molecule has 0 aromatic carbocycles. The standard InChI is InChI=1S/C17H22N3O3/c1-17(2,3)23-16(21)19(4)11-14-15-12-7-5-6-8-13(12)18-20(15)9-10-22-14/h5,7-8,14H,9-11H2,1-4H3/q+1/t14-/m1/s1. The van der Waals surface area contributed by atoms with Crippen LogP contribution >= 0.6 is 0 Å². The molecule has 2 aliphatic rings. The van der Waals surface area contributed by atoms with Crippen molar-refractivity contribution in [2.75, 3.05) is 20.2 Å². The fourth-order valence-electron chi connectivity index (χ4n) is 2.72. The molecule has 1 amide bonds. The molecule has 1 aliphatic carbocycles. The van der Waals surface area contributed by atoms with Crippen molar-refractivity contribution in [3.05, 3.63) is 29.1 Å². The van der Waals surface area contributed by atoms with Crippen LogP contribution in [0.5, 0.6) is 0 Å². The van der Waals surface area contributed by atoms with Crippen LogP contribution in [0.15, 0.2) is 6.08 Å². The minimum absolute atomic E-state index is 0.214. The normalized spacial score (nSPS) is 18.9. The number of hydrogen-bond donors (Lipinski definition) is 0. The van der Waals surface area contributed by atoms with Crippen molar-refractivity contribution in [1.82, 2.24) is 14.7 Å². The Morgan fingerprint density at radius 3 is 3.09 bits per heavy atom. The fourth-order valence-corrected chi connectivity index (χ4v) is 2.72. The minimum Gasteiger partial charge on any atom is -0.444 e. The van der Waals surface area contributed by atoms with E-state index in [1.54, 1.807) is 11.9 Å². The summed E-state index contributed by atoms with van der Waals surface area (Å²) in [5.74, 6) is 0. The van der Waals surface area contributed by atoms with E-state index >= 15 is 0 Å². The first kappa shape index (κ1) is 15.7. The maximum absolute atomic E-state index is 12.2. The van der Waals surface area contributed by atoms with Gasteiger partial charge in [-0.3, -0.25) is 0 Å². The van der Waals surface area contributed by atoms with Crippen molar-refractivity contribution in [2.24, 2.45) is 0 Å². The van der Waals surface area contributed by atoms with Gasteiger partial charge in [-0.1, -0.05) is 0 Å². The van der Waals surface area contributed by atoms with Gasteiger partial charge in [-0.05, 0) is 20.8 Å². The molecule has 0 fully saturated rings. The second-order valence-electron chi connectivity index (χ2n) is 6.77. The predicted molar refractivity (Wildman–Crippen MR) is 86.5 cm³/mol. The molecule has 6 nitrogen and oxygen atoms in total. The smallest absolute Gasteiger partial charge is 0.410 e. The maximum atomic E-state index is 12.2. The molecule has 1 aromatic rings. The van der Waals surface area contributed by atoms with Crippen LogP contribution in [-0.4, -0.2) is 46.6 Å². The van der Waals surface area contributed by atoms with E-state index in [-0.39, 0.29) is 12.2 Å². The van der Waals surface area contributed by atoms with Gasteiger partial charge in [-0.2, -0.15) is 0 Å². The number of rotatable bonds is 2. The highest BCUT2D eigenvalue weighted by Crippen LogP contribution is 2.31. The topological polar surface area (TPSA) is 56.6 Å². The summed E-state index contributed by atoms with van der Waals surface area (Å²) in [6, 6.07) is 0. The molecule has 0 spiro atoms. The third-order valence-corrected chi connectivity index (χ3v) is 3.70. The summed E-state index contributed by atoms with van der Waals surface area (Å²) in [5.41, 5.74) is 2.45. The summed E-state index contributed by atoms with van der Waals surface area (Å²) in [5, 5.41) is 4.59. The summed E-state index contributed by atoms with van der Waals surface area (Å²) >= 11 is 0. The van der Waals surface area contributed by atoms with Gasteiger partial charge in [-0.15, -0.1) is 5.10 Å². The molecule has 0 saturated heterocycles. The lowest BCUT2D eigenvalue weighted by molar-refractivity contribution is -0.0144. The highest BCUT2D eigenvalue weighted by Gasteiger charge is 2.33. The molecule has 2 heterocycles. The lowest BCUT2D eigenvalue weighted by Crippen LogP contribution is -2.38. The van der Waals surface area contributed by atoms with Crippen LogP contribution in [0.25, 0.3) is 12.2 Å². The Morgan fingerprint density at radius 1 is 1.57 bits per heavy atom. The zero-order chi connectivity index (χ0) is 16.6. The number of hydrogen-bond acceptors (Lipinski definition) is 4. The van der Waals surface area contributed by atoms with Crippen LogP contribution in [-0.2, 0) is 16.0 Å². The molecule has 23 heavy (non-hydrogen) atoms. The molecule has 0 N–H and O–H groups in total. The van der Waals surface area contributed by atoms with Crippen LogP contribution in [0.3, 0.4) is 0 Å². The van der Waals surface area contributed by atoms with Crippen LogP contribution in [0.1, 0.15) is 43.8 Å². The van der Waals surface area contributed by atoms with Crippen molar-refractivity contribution in [3.8, 4) is 0 Å². The molecular formula is C17H22N3O3+. The summed E-state index contributed by atoms with van der Waals surface area (Å²) in [4.78, 5) is 13.7. The van der Waals surface area contributed by atoms with Crippen molar-refractivity contribution >= 4 is 18.2 Å². The Kier molecular flexibility index (Phi) is 3.96. The number of fused-ring (bicyclic) bond motifs is 3. The third kappa shape index (κ3) is 3.28. The molecule has 3 rings (SSSR count). The zero-order valence-electron chi connectivity index (χ0n) is 14.0. The largest absolute Gasteiger partial charge is 0.444 e. The van der Waals surface area contributed by atoms with Crippen LogP contribution < -0.4 is 0 Å². The lowest BCUT2D eigenvalue weighted by Gasteiger charge is -2.29. The molecule has 6 heteroatoms. The second-order valence-corrected chi connectivity index (χ2v) is 6.77. The molecule has 1 aromatic heterocycles. The number of likely N-dealkylation sites (N-methyl/N-ethyl adjacent to an activating group) is 1. The second kappa shape index (κ2) is 5.80. The van der Waals surface area contributed by atoms with E-state index in [0.717, 1.165) is 23.5 Å². The molecule has 0 bridgehead atoms. The van der Waals surface area contributed by atoms with E-state index < -0.39 is 5.60 Å². The highest BCUT2D eigenvalue weighted by molar-refractivity contribution is 5.70. The summed E-state index contributed by atoms with van der Waals surface area (Å²) in [6.45, 7) is 7.29. The number of aromatic nitrogens is 2. The minimum atomic E-state index is -0.511. The average molecular weight is 316 g/mol. The van der Waals surface area contributed by atoms with E-state index in [2.05, 4.69) is 11.2 Å². The Hall–Kier alpha value is -2.17. The quantitative estimate of drug-likeness (QED) is 0.787. The zero-order valence-corrected chi connectivity index (χ0v) is 14.0. The van der Waals surface area contributed by atoms with E-state index in [4.69, 9.17) is 9.47 Å². The molecule has 1 atom stereocenters. The first-order valence-corrected chi connectivity index (χ1v) is 7.77. The number of nitrogens with zero attached hydrogens (tertiary/aromatic N) is 3. The maximum Gasteiger partial charge on any atom is 0.410 e. The predicted octanol–water partition coefficient (Wildman–Crippen LogP) is 2.66. The molecule has 0 saturated carbocycles. The first-order valence-electron chi connectivity index (χ1n) is 7.77. The lowest BCUT2D eigenvalue weighted by atomic mass is 10.0. The van der Waals surface area contributed by atoms with E-state index in [1.165, 1.54) is 0 Å². The van der Waals surface area contributed by atoms with Gasteiger partial charge in [-0.25, -0.2) is 9.48 Å². The van der Waals surface area contributed by atoms with Crippen LogP contribution in [0.4, 0.5) is 4.79 Å². The number of carbonyl (C=O) groups is 1. The number of ether oxygens (including phenoxy) is 2. The number of allylic oxidation sites excluding steroid dienone is 2. The van der Waals surface area contributed by atoms with Crippen molar-refractivity contribution < 1.29 is 14.3 Å². The number of carbonyl (C=O) groups excluding carboxylic acids is 1. The van der Waals surface area contributed by atoms with Gasteiger partial charge >= 0.3 is 6.09 Å². The van der Waals surface area contributed by atoms with Gasteiger partial charge in [0.05, 0.1) is 25.8 Å². The molecular weight excluding hydrogens is 294 g/mol.